The van der Waals surface area contributed by atoms with Gasteiger partial charge in [0.25, 0.3) is 5.95 Å². The van der Waals surface area contributed by atoms with E-state index in [9.17, 15) is 0 Å². The molecule has 1 saturated carbocycles. The zero-order valence-electron chi connectivity index (χ0n) is 8.49. The summed E-state index contributed by atoms with van der Waals surface area (Å²) in [5, 5.41) is 14.8. The van der Waals surface area contributed by atoms with Gasteiger partial charge in [-0.25, -0.2) is 5.48 Å². The molecule has 7 heteroatoms. The second-order valence-corrected chi connectivity index (χ2v) is 3.37. The van der Waals surface area contributed by atoms with Gasteiger partial charge in [-0.15, -0.1) is 0 Å². The molecule has 0 aliphatic heterocycles. The number of hydrogen-bond acceptors (Lipinski definition) is 7. The summed E-state index contributed by atoms with van der Waals surface area (Å²) in [7, 11) is 0. The maximum Gasteiger partial charge on any atom is 0.253 e. The summed E-state index contributed by atoms with van der Waals surface area (Å²) in [4.78, 5) is 12.1. The molecular weight excluding hydrogens is 196 g/mol. The van der Waals surface area contributed by atoms with Crippen LogP contribution in [0.2, 0.25) is 0 Å². The maximum absolute atomic E-state index is 8.75. The third-order valence-corrected chi connectivity index (χ3v) is 1.98. The van der Waals surface area contributed by atoms with Crippen LogP contribution in [0.25, 0.3) is 0 Å². The fourth-order valence-corrected chi connectivity index (χ4v) is 1.14. The minimum absolute atomic E-state index is 0.143. The van der Waals surface area contributed by atoms with Gasteiger partial charge in [0.15, 0.2) is 0 Å². The molecule has 1 aliphatic rings. The van der Waals surface area contributed by atoms with Crippen LogP contribution in [0, 0.1) is 0 Å². The van der Waals surface area contributed by atoms with E-state index in [4.69, 9.17) is 5.21 Å². The number of rotatable bonds is 5. The molecule has 1 aliphatic carbocycles. The number of nitrogens with one attached hydrogen (secondary N) is 3. The van der Waals surface area contributed by atoms with Gasteiger partial charge in [-0.05, 0) is 19.8 Å². The van der Waals surface area contributed by atoms with Crippen LogP contribution in [0.3, 0.4) is 0 Å². The van der Waals surface area contributed by atoms with Gasteiger partial charge in [0, 0.05) is 12.6 Å². The van der Waals surface area contributed by atoms with E-state index < -0.39 is 0 Å². The van der Waals surface area contributed by atoms with Crippen molar-refractivity contribution in [1.29, 1.82) is 0 Å². The fraction of sp³-hybridized carbons (Fsp3) is 0.625. The molecule has 0 atom stereocenters. The van der Waals surface area contributed by atoms with Gasteiger partial charge in [0.1, 0.15) is 0 Å². The molecule has 0 amide bonds. The van der Waals surface area contributed by atoms with E-state index in [-0.39, 0.29) is 5.95 Å². The average Bonchev–Trinajstić information content (AvgIpc) is 3.02. The van der Waals surface area contributed by atoms with Crippen LogP contribution >= 0.6 is 0 Å². The van der Waals surface area contributed by atoms with Crippen molar-refractivity contribution in [2.24, 2.45) is 0 Å². The normalized spacial score (nSPS) is 14.8. The predicted octanol–water partition coefficient (Wildman–Crippen LogP) is 0.679. The molecule has 1 aromatic heterocycles. The maximum atomic E-state index is 8.75. The van der Waals surface area contributed by atoms with Crippen molar-refractivity contribution in [2.75, 3.05) is 22.7 Å². The van der Waals surface area contributed by atoms with Gasteiger partial charge in [-0.3, -0.25) is 5.21 Å². The Balaban J connectivity index is 2.15. The zero-order chi connectivity index (χ0) is 10.7. The second-order valence-electron chi connectivity index (χ2n) is 3.37. The van der Waals surface area contributed by atoms with Gasteiger partial charge < -0.3 is 10.6 Å². The summed E-state index contributed by atoms with van der Waals surface area (Å²) in [6.07, 6.45) is 2.29. The van der Waals surface area contributed by atoms with E-state index in [1.165, 1.54) is 0 Å². The summed E-state index contributed by atoms with van der Waals surface area (Å²) in [5.74, 6) is 1.08. The lowest BCUT2D eigenvalue weighted by molar-refractivity contribution is 0.382. The number of nitrogens with zero attached hydrogens (tertiary/aromatic N) is 3. The van der Waals surface area contributed by atoms with Gasteiger partial charge in [0.05, 0.1) is 0 Å². The van der Waals surface area contributed by atoms with E-state index in [0.717, 1.165) is 19.4 Å². The number of aromatic nitrogens is 3. The fourth-order valence-electron chi connectivity index (χ4n) is 1.14. The number of hydrogen-bond donors (Lipinski definition) is 4. The highest BCUT2D eigenvalue weighted by atomic mass is 16.5. The summed E-state index contributed by atoms with van der Waals surface area (Å²) < 4.78 is 0. The van der Waals surface area contributed by atoms with Gasteiger partial charge in [0.2, 0.25) is 11.9 Å². The zero-order valence-corrected chi connectivity index (χ0v) is 8.49. The van der Waals surface area contributed by atoms with Crippen LogP contribution in [0.15, 0.2) is 0 Å². The van der Waals surface area contributed by atoms with E-state index in [0.29, 0.717) is 17.9 Å². The van der Waals surface area contributed by atoms with E-state index in [1.54, 1.807) is 0 Å². The lowest BCUT2D eigenvalue weighted by Crippen LogP contribution is -2.12. The molecule has 4 N–H and O–H groups in total. The largest absolute Gasteiger partial charge is 0.354 e. The summed E-state index contributed by atoms with van der Waals surface area (Å²) in [6.45, 7) is 2.67. The SMILES string of the molecule is CCNc1nc(NO)nc(NC2CC2)n1. The first kappa shape index (κ1) is 9.91. The van der Waals surface area contributed by atoms with Crippen LogP contribution in [0.1, 0.15) is 19.8 Å². The van der Waals surface area contributed by atoms with Crippen molar-refractivity contribution in [2.45, 2.75) is 25.8 Å². The summed E-state index contributed by atoms with van der Waals surface area (Å²) >= 11 is 0. The quantitative estimate of drug-likeness (QED) is 0.531. The lowest BCUT2D eigenvalue weighted by atomic mass is 10.6. The lowest BCUT2D eigenvalue weighted by Gasteiger charge is -2.07. The van der Waals surface area contributed by atoms with Crippen molar-refractivity contribution < 1.29 is 5.21 Å². The average molecular weight is 210 g/mol. The molecule has 7 nitrogen and oxygen atoms in total. The van der Waals surface area contributed by atoms with Gasteiger partial charge in [-0.1, -0.05) is 0 Å². The third-order valence-electron chi connectivity index (χ3n) is 1.98. The Morgan fingerprint density at radius 1 is 1.20 bits per heavy atom. The van der Waals surface area contributed by atoms with Crippen molar-refractivity contribution in [3.63, 3.8) is 0 Å². The van der Waals surface area contributed by atoms with Crippen LogP contribution in [-0.4, -0.2) is 32.7 Å². The molecule has 0 spiro atoms. The molecule has 0 bridgehead atoms. The molecule has 0 aromatic carbocycles. The summed E-state index contributed by atoms with van der Waals surface area (Å²) in [5.41, 5.74) is 1.92. The standard InChI is InChI=1S/C8H14N6O/c1-2-9-6-11-7(10-5-3-4-5)13-8(12-6)14-15/h5,15H,2-4H2,1H3,(H3,9,10,11,12,13,14). The molecule has 1 fully saturated rings. The molecule has 0 radical (unpaired) electrons. The molecular formula is C8H14N6O. The van der Waals surface area contributed by atoms with Gasteiger partial charge >= 0.3 is 0 Å². The van der Waals surface area contributed by atoms with Crippen LogP contribution < -0.4 is 16.1 Å². The van der Waals surface area contributed by atoms with Crippen molar-refractivity contribution in [3.8, 4) is 0 Å². The highest BCUT2D eigenvalue weighted by Crippen LogP contribution is 2.23. The highest BCUT2D eigenvalue weighted by molar-refractivity contribution is 5.42. The first-order valence-corrected chi connectivity index (χ1v) is 4.98. The Bertz CT molecular complexity index is 340. The monoisotopic (exact) mass is 210 g/mol. The molecule has 82 valence electrons. The van der Waals surface area contributed by atoms with Gasteiger partial charge in [-0.2, -0.15) is 15.0 Å². The van der Waals surface area contributed by atoms with Crippen LogP contribution in [0.4, 0.5) is 17.8 Å². The molecule has 2 rings (SSSR count). The predicted molar refractivity (Wildman–Crippen MR) is 56.0 cm³/mol. The van der Waals surface area contributed by atoms with Crippen LogP contribution in [0.5, 0.6) is 0 Å². The van der Waals surface area contributed by atoms with Crippen molar-refractivity contribution in [1.82, 2.24) is 15.0 Å². The minimum atomic E-state index is 0.143. The smallest absolute Gasteiger partial charge is 0.253 e. The number of anilines is 3. The van der Waals surface area contributed by atoms with Crippen LogP contribution in [-0.2, 0) is 0 Å². The Morgan fingerprint density at radius 3 is 2.47 bits per heavy atom. The highest BCUT2D eigenvalue weighted by Gasteiger charge is 2.22. The minimum Gasteiger partial charge on any atom is -0.354 e. The molecule has 1 aromatic rings. The topological polar surface area (TPSA) is 95.0 Å². The Morgan fingerprint density at radius 2 is 1.87 bits per heavy atom. The Kier molecular flexibility index (Phi) is 2.82. The molecule has 0 saturated heterocycles. The molecule has 15 heavy (non-hydrogen) atoms. The van der Waals surface area contributed by atoms with Crippen molar-refractivity contribution >= 4 is 17.8 Å². The van der Waals surface area contributed by atoms with E-state index in [1.807, 2.05) is 12.4 Å². The summed E-state index contributed by atoms with van der Waals surface area (Å²) in [6, 6.07) is 0.466. The van der Waals surface area contributed by atoms with E-state index >= 15 is 0 Å². The first-order chi connectivity index (χ1) is 7.31. The Hall–Kier alpha value is -1.63. The second kappa shape index (κ2) is 4.26. The molecule has 0 unspecified atom stereocenters. The first-order valence-electron chi connectivity index (χ1n) is 4.98. The Labute approximate surface area is 87.3 Å². The third kappa shape index (κ3) is 2.66. The van der Waals surface area contributed by atoms with Crippen molar-refractivity contribution in [3.05, 3.63) is 0 Å². The van der Waals surface area contributed by atoms with E-state index in [2.05, 4.69) is 25.6 Å². The molecule has 1 heterocycles.